The lowest BCUT2D eigenvalue weighted by atomic mass is 10.1. The predicted molar refractivity (Wildman–Crippen MR) is 140 cm³/mol. The fraction of sp³-hybridized carbons (Fsp3) is 0.259. The molecule has 0 heterocycles. The van der Waals surface area contributed by atoms with E-state index in [0.717, 1.165) is 27.3 Å². The van der Waals surface area contributed by atoms with Crippen LogP contribution in [0.5, 0.6) is 0 Å². The van der Waals surface area contributed by atoms with Crippen molar-refractivity contribution in [2.45, 2.75) is 39.8 Å². The number of hydrogen-bond donors (Lipinski definition) is 2. The third-order valence-corrected chi connectivity index (χ3v) is 6.98. The van der Waals surface area contributed by atoms with Crippen LogP contribution in [0.1, 0.15) is 40.4 Å². The SMILES string of the molecule is CCC(C(=O)Nc1ccccc1C(=O)NCc1ccccc1)N(c1ccc(C)c(C)c1)S(C)(=O)=O. The van der Waals surface area contributed by atoms with Gasteiger partial charge >= 0.3 is 0 Å². The van der Waals surface area contributed by atoms with Crippen LogP contribution in [0.15, 0.2) is 72.8 Å². The highest BCUT2D eigenvalue weighted by Crippen LogP contribution is 2.26. The van der Waals surface area contributed by atoms with Crippen molar-refractivity contribution in [3.8, 4) is 0 Å². The Morgan fingerprint density at radius 3 is 2.20 bits per heavy atom. The Balaban J connectivity index is 1.85. The van der Waals surface area contributed by atoms with E-state index < -0.39 is 22.0 Å². The number of carbonyl (C=O) groups excluding carboxylic acids is 2. The van der Waals surface area contributed by atoms with Gasteiger partial charge in [-0.1, -0.05) is 55.5 Å². The molecule has 1 unspecified atom stereocenters. The van der Waals surface area contributed by atoms with Crippen molar-refractivity contribution in [1.82, 2.24) is 5.32 Å². The van der Waals surface area contributed by atoms with Crippen molar-refractivity contribution in [1.29, 1.82) is 0 Å². The number of benzene rings is 3. The molecule has 0 aromatic heterocycles. The van der Waals surface area contributed by atoms with Crippen molar-refractivity contribution in [2.75, 3.05) is 15.9 Å². The fourth-order valence-corrected chi connectivity index (χ4v) is 5.01. The summed E-state index contributed by atoms with van der Waals surface area (Å²) in [7, 11) is -3.77. The van der Waals surface area contributed by atoms with E-state index in [1.54, 1.807) is 43.3 Å². The molecule has 0 saturated heterocycles. The molecule has 0 bridgehead atoms. The molecule has 0 saturated carbocycles. The Bertz CT molecular complexity index is 1310. The van der Waals surface area contributed by atoms with Gasteiger partial charge in [0.2, 0.25) is 15.9 Å². The molecule has 3 aromatic rings. The van der Waals surface area contributed by atoms with Gasteiger partial charge in [0, 0.05) is 6.54 Å². The van der Waals surface area contributed by atoms with Crippen molar-refractivity contribution < 1.29 is 18.0 Å². The van der Waals surface area contributed by atoms with Gasteiger partial charge in [-0.2, -0.15) is 0 Å². The minimum absolute atomic E-state index is 0.244. The largest absolute Gasteiger partial charge is 0.348 e. The van der Waals surface area contributed by atoms with Crippen LogP contribution in [0.3, 0.4) is 0 Å². The van der Waals surface area contributed by atoms with Gasteiger partial charge in [-0.15, -0.1) is 0 Å². The summed E-state index contributed by atoms with van der Waals surface area (Å²) in [5, 5.41) is 5.64. The molecule has 0 fully saturated rings. The topological polar surface area (TPSA) is 95.6 Å². The van der Waals surface area contributed by atoms with E-state index in [2.05, 4.69) is 10.6 Å². The third-order valence-electron chi connectivity index (χ3n) is 5.80. The maximum atomic E-state index is 13.4. The lowest BCUT2D eigenvalue weighted by Gasteiger charge is -2.30. The zero-order valence-electron chi connectivity index (χ0n) is 20.4. The van der Waals surface area contributed by atoms with Crippen LogP contribution in [-0.2, 0) is 21.4 Å². The van der Waals surface area contributed by atoms with Gasteiger partial charge < -0.3 is 10.6 Å². The summed E-state index contributed by atoms with van der Waals surface area (Å²) in [5.41, 5.74) is 3.93. The van der Waals surface area contributed by atoms with Gasteiger partial charge in [-0.05, 0) is 61.2 Å². The smallest absolute Gasteiger partial charge is 0.253 e. The van der Waals surface area contributed by atoms with Crippen LogP contribution >= 0.6 is 0 Å². The molecular weight excluding hydrogens is 462 g/mol. The molecule has 7 nitrogen and oxygen atoms in total. The standard InChI is InChI=1S/C27H31N3O4S/c1-5-25(30(35(4,33)34)22-16-15-19(2)20(3)17-22)27(32)29-24-14-10-9-13-23(24)26(31)28-18-21-11-7-6-8-12-21/h6-17,25H,5,18H2,1-4H3,(H,28,31)(H,29,32). The molecule has 0 aliphatic carbocycles. The van der Waals surface area contributed by atoms with Crippen molar-refractivity contribution in [3.05, 3.63) is 95.1 Å². The predicted octanol–water partition coefficient (Wildman–Crippen LogP) is 4.42. The van der Waals surface area contributed by atoms with Crippen LogP contribution in [0.4, 0.5) is 11.4 Å². The molecule has 0 radical (unpaired) electrons. The minimum Gasteiger partial charge on any atom is -0.348 e. The molecule has 8 heteroatoms. The van der Waals surface area contributed by atoms with Gasteiger partial charge in [0.05, 0.1) is 23.2 Å². The van der Waals surface area contributed by atoms with Gasteiger partial charge in [-0.3, -0.25) is 13.9 Å². The molecule has 0 aliphatic rings. The minimum atomic E-state index is -3.77. The average molecular weight is 494 g/mol. The number of para-hydroxylation sites is 1. The van der Waals surface area contributed by atoms with E-state index in [1.807, 2.05) is 50.2 Å². The molecule has 184 valence electrons. The number of anilines is 2. The lowest BCUT2D eigenvalue weighted by molar-refractivity contribution is -0.117. The maximum absolute atomic E-state index is 13.4. The molecule has 2 N–H and O–H groups in total. The number of nitrogens with zero attached hydrogens (tertiary/aromatic N) is 1. The Morgan fingerprint density at radius 2 is 1.57 bits per heavy atom. The van der Waals surface area contributed by atoms with Crippen molar-refractivity contribution >= 4 is 33.2 Å². The maximum Gasteiger partial charge on any atom is 0.253 e. The van der Waals surface area contributed by atoms with Gasteiger partial charge in [0.25, 0.3) is 5.91 Å². The first-order valence-electron chi connectivity index (χ1n) is 11.4. The number of carbonyl (C=O) groups is 2. The number of sulfonamides is 1. The Labute approximate surface area is 207 Å². The van der Waals surface area contributed by atoms with Gasteiger partial charge in [0.1, 0.15) is 6.04 Å². The Kier molecular flexibility index (Phi) is 8.30. The van der Waals surface area contributed by atoms with E-state index in [-0.39, 0.29) is 12.3 Å². The Morgan fingerprint density at radius 1 is 0.914 bits per heavy atom. The molecule has 0 spiro atoms. The monoisotopic (exact) mass is 493 g/mol. The number of aryl methyl sites for hydroxylation is 2. The van der Waals surface area contributed by atoms with Crippen LogP contribution < -0.4 is 14.9 Å². The first-order chi connectivity index (χ1) is 16.6. The van der Waals surface area contributed by atoms with Crippen LogP contribution in [-0.4, -0.2) is 32.5 Å². The summed E-state index contributed by atoms with van der Waals surface area (Å²) < 4.78 is 26.7. The number of rotatable bonds is 9. The quantitative estimate of drug-likeness (QED) is 0.461. The summed E-state index contributed by atoms with van der Waals surface area (Å²) >= 11 is 0. The molecule has 2 amide bonds. The second-order valence-electron chi connectivity index (χ2n) is 8.45. The summed E-state index contributed by atoms with van der Waals surface area (Å²) in [4.78, 5) is 26.2. The molecule has 1 atom stereocenters. The molecule has 3 rings (SSSR count). The second kappa shape index (κ2) is 11.2. The first-order valence-corrected chi connectivity index (χ1v) is 13.2. The highest BCUT2D eigenvalue weighted by atomic mass is 32.2. The van der Waals surface area contributed by atoms with E-state index in [0.29, 0.717) is 23.5 Å². The average Bonchev–Trinajstić information content (AvgIpc) is 2.83. The van der Waals surface area contributed by atoms with E-state index in [9.17, 15) is 18.0 Å². The van der Waals surface area contributed by atoms with E-state index in [1.165, 1.54) is 0 Å². The third kappa shape index (κ3) is 6.48. The van der Waals surface area contributed by atoms with Gasteiger partial charge in [0.15, 0.2) is 0 Å². The summed E-state index contributed by atoms with van der Waals surface area (Å²) in [6.07, 6.45) is 1.33. The molecule has 35 heavy (non-hydrogen) atoms. The van der Waals surface area contributed by atoms with Crippen LogP contribution in [0, 0.1) is 13.8 Å². The summed E-state index contributed by atoms with van der Waals surface area (Å²) in [5.74, 6) is -0.855. The highest BCUT2D eigenvalue weighted by molar-refractivity contribution is 7.92. The van der Waals surface area contributed by atoms with Gasteiger partial charge in [-0.25, -0.2) is 8.42 Å². The van der Waals surface area contributed by atoms with Crippen molar-refractivity contribution in [2.24, 2.45) is 0 Å². The van der Waals surface area contributed by atoms with Crippen LogP contribution in [0.2, 0.25) is 0 Å². The van der Waals surface area contributed by atoms with E-state index in [4.69, 9.17) is 0 Å². The number of nitrogens with one attached hydrogen (secondary N) is 2. The molecular formula is C27H31N3O4S. The summed E-state index contributed by atoms with van der Waals surface area (Å²) in [6, 6.07) is 20.5. The van der Waals surface area contributed by atoms with E-state index >= 15 is 0 Å². The Hall–Kier alpha value is -3.65. The zero-order chi connectivity index (χ0) is 25.6. The molecule has 3 aromatic carbocycles. The first kappa shape index (κ1) is 26.0. The van der Waals surface area contributed by atoms with Crippen molar-refractivity contribution in [3.63, 3.8) is 0 Å². The highest BCUT2D eigenvalue weighted by Gasteiger charge is 2.32. The fourth-order valence-electron chi connectivity index (χ4n) is 3.80. The number of hydrogen-bond acceptors (Lipinski definition) is 4. The second-order valence-corrected chi connectivity index (χ2v) is 10.3. The lowest BCUT2D eigenvalue weighted by Crippen LogP contribution is -2.47. The zero-order valence-corrected chi connectivity index (χ0v) is 21.2. The normalized spacial score (nSPS) is 12.0. The van der Waals surface area contributed by atoms with Crippen LogP contribution in [0.25, 0.3) is 0 Å². The number of amides is 2. The summed E-state index contributed by atoms with van der Waals surface area (Å²) in [6.45, 7) is 5.93. The molecule has 0 aliphatic heterocycles.